The fraction of sp³-hybridized carbons (Fsp3) is 0.0625. The van der Waals surface area contributed by atoms with Gasteiger partial charge in [-0.1, -0.05) is 46.3 Å². The molecule has 0 aromatic heterocycles. The molecule has 0 bridgehead atoms. The van der Waals surface area contributed by atoms with Crippen LogP contribution in [0.5, 0.6) is 5.75 Å². The van der Waals surface area contributed by atoms with Gasteiger partial charge in [0, 0.05) is 10.0 Å². The van der Waals surface area contributed by atoms with Gasteiger partial charge >= 0.3 is 0 Å². The van der Waals surface area contributed by atoms with E-state index < -0.39 is 0 Å². The van der Waals surface area contributed by atoms with E-state index in [1.54, 1.807) is 25.3 Å². The van der Waals surface area contributed by atoms with E-state index in [1.807, 2.05) is 42.5 Å². The lowest BCUT2D eigenvalue weighted by Crippen LogP contribution is -1.94. The highest BCUT2D eigenvalue weighted by molar-refractivity contribution is 9.10. The fourth-order valence-corrected chi connectivity index (χ4v) is 2.15. The van der Waals surface area contributed by atoms with Gasteiger partial charge in [0.25, 0.3) is 0 Å². The Bertz CT molecular complexity index is 618. The SMILES string of the molecule is COc1cccc(C=CC(=O)c2ccccc2Br)c1. The number of methoxy groups -OCH3 is 1. The van der Waals surface area contributed by atoms with E-state index in [1.165, 1.54) is 0 Å². The highest BCUT2D eigenvalue weighted by Gasteiger charge is 2.05. The molecule has 2 rings (SSSR count). The molecule has 19 heavy (non-hydrogen) atoms. The van der Waals surface area contributed by atoms with E-state index in [0.29, 0.717) is 5.56 Å². The van der Waals surface area contributed by atoms with Crippen LogP contribution in [0, 0.1) is 0 Å². The Kier molecular flexibility index (Phi) is 4.53. The quantitative estimate of drug-likeness (QED) is 0.619. The number of benzene rings is 2. The molecule has 3 heteroatoms. The molecular formula is C16H13BrO2. The summed E-state index contributed by atoms with van der Waals surface area (Å²) in [5.74, 6) is 0.741. The maximum absolute atomic E-state index is 12.0. The lowest BCUT2D eigenvalue weighted by atomic mass is 10.1. The molecule has 0 radical (unpaired) electrons. The molecule has 0 N–H and O–H groups in total. The molecule has 0 aliphatic heterocycles. The molecule has 0 saturated carbocycles. The van der Waals surface area contributed by atoms with Crippen LogP contribution in [0.3, 0.4) is 0 Å². The summed E-state index contributed by atoms with van der Waals surface area (Å²) in [6, 6.07) is 14.9. The average molecular weight is 317 g/mol. The largest absolute Gasteiger partial charge is 0.497 e. The van der Waals surface area contributed by atoms with Crippen LogP contribution in [0.25, 0.3) is 6.08 Å². The minimum Gasteiger partial charge on any atom is -0.497 e. The van der Waals surface area contributed by atoms with Crippen LogP contribution in [0.4, 0.5) is 0 Å². The molecule has 0 spiro atoms. The van der Waals surface area contributed by atoms with E-state index in [0.717, 1.165) is 15.8 Å². The number of carbonyl (C=O) groups excluding carboxylic acids is 1. The van der Waals surface area contributed by atoms with Crippen LogP contribution in [0.1, 0.15) is 15.9 Å². The molecule has 0 unspecified atom stereocenters. The summed E-state index contributed by atoms with van der Waals surface area (Å²) in [5, 5.41) is 0. The number of hydrogen-bond donors (Lipinski definition) is 0. The normalized spacial score (nSPS) is 10.6. The molecule has 96 valence electrons. The zero-order valence-corrected chi connectivity index (χ0v) is 12.1. The minimum atomic E-state index is -0.0321. The molecule has 0 heterocycles. The van der Waals surface area contributed by atoms with Gasteiger partial charge < -0.3 is 4.74 Å². The second-order valence-electron chi connectivity index (χ2n) is 3.95. The first-order valence-corrected chi connectivity index (χ1v) is 6.61. The van der Waals surface area contributed by atoms with Gasteiger partial charge in [-0.05, 0) is 35.9 Å². The van der Waals surface area contributed by atoms with Crippen molar-refractivity contribution in [3.63, 3.8) is 0 Å². The first-order valence-electron chi connectivity index (χ1n) is 5.81. The van der Waals surface area contributed by atoms with Crippen molar-refractivity contribution >= 4 is 27.8 Å². The van der Waals surface area contributed by atoms with Crippen molar-refractivity contribution in [2.24, 2.45) is 0 Å². The van der Waals surface area contributed by atoms with E-state index >= 15 is 0 Å². The maximum atomic E-state index is 12.0. The van der Waals surface area contributed by atoms with Crippen molar-refractivity contribution in [2.75, 3.05) is 7.11 Å². The zero-order valence-electron chi connectivity index (χ0n) is 10.5. The molecule has 2 aromatic rings. The smallest absolute Gasteiger partial charge is 0.186 e. The summed E-state index contributed by atoms with van der Waals surface area (Å²) in [6.45, 7) is 0. The Balaban J connectivity index is 2.18. The molecule has 2 nitrogen and oxygen atoms in total. The van der Waals surface area contributed by atoms with Crippen LogP contribution in [-0.4, -0.2) is 12.9 Å². The lowest BCUT2D eigenvalue weighted by molar-refractivity contribution is 0.104. The van der Waals surface area contributed by atoms with Crippen molar-refractivity contribution in [1.82, 2.24) is 0 Å². The molecule has 0 aliphatic rings. The first kappa shape index (κ1) is 13.6. The summed E-state index contributed by atoms with van der Waals surface area (Å²) < 4.78 is 5.94. The Morgan fingerprint density at radius 2 is 1.95 bits per heavy atom. The van der Waals surface area contributed by atoms with E-state index in [4.69, 9.17) is 4.74 Å². The second-order valence-corrected chi connectivity index (χ2v) is 4.81. The highest BCUT2D eigenvalue weighted by Crippen LogP contribution is 2.18. The summed E-state index contributed by atoms with van der Waals surface area (Å²) in [5.41, 5.74) is 1.58. The molecule has 2 aromatic carbocycles. The summed E-state index contributed by atoms with van der Waals surface area (Å²) in [7, 11) is 1.62. The summed E-state index contributed by atoms with van der Waals surface area (Å²) in [4.78, 5) is 12.0. The number of hydrogen-bond acceptors (Lipinski definition) is 2. The van der Waals surface area contributed by atoms with Gasteiger partial charge in [0.05, 0.1) is 7.11 Å². The van der Waals surface area contributed by atoms with Crippen molar-refractivity contribution in [2.45, 2.75) is 0 Å². The Morgan fingerprint density at radius 1 is 1.16 bits per heavy atom. The van der Waals surface area contributed by atoms with Crippen LogP contribution >= 0.6 is 15.9 Å². The number of carbonyl (C=O) groups is 1. The molecule has 0 saturated heterocycles. The maximum Gasteiger partial charge on any atom is 0.186 e. The number of allylic oxidation sites excluding steroid dienone is 1. The molecule has 0 fully saturated rings. The fourth-order valence-electron chi connectivity index (χ4n) is 1.67. The van der Waals surface area contributed by atoms with E-state index in [9.17, 15) is 4.79 Å². The summed E-state index contributed by atoms with van der Waals surface area (Å²) >= 11 is 3.37. The van der Waals surface area contributed by atoms with Crippen LogP contribution in [0.2, 0.25) is 0 Å². The zero-order chi connectivity index (χ0) is 13.7. The number of ether oxygens (including phenoxy) is 1. The van der Waals surface area contributed by atoms with Gasteiger partial charge in [0.15, 0.2) is 5.78 Å². The topological polar surface area (TPSA) is 26.3 Å². The van der Waals surface area contributed by atoms with Gasteiger partial charge in [0.2, 0.25) is 0 Å². The van der Waals surface area contributed by atoms with Crippen LogP contribution in [0.15, 0.2) is 59.1 Å². The number of halogens is 1. The first-order chi connectivity index (χ1) is 9.20. The van der Waals surface area contributed by atoms with Crippen molar-refractivity contribution in [1.29, 1.82) is 0 Å². The van der Waals surface area contributed by atoms with Crippen LogP contribution in [-0.2, 0) is 0 Å². The highest BCUT2D eigenvalue weighted by atomic mass is 79.9. The van der Waals surface area contributed by atoms with Gasteiger partial charge in [-0.3, -0.25) is 4.79 Å². The Hall–Kier alpha value is -1.87. The van der Waals surface area contributed by atoms with E-state index in [2.05, 4.69) is 15.9 Å². The summed E-state index contributed by atoms with van der Waals surface area (Å²) in [6.07, 6.45) is 3.35. The Morgan fingerprint density at radius 3 is 2.68 bits per heavy atom. The minimum absolute atomic E-state index is 0.0321. The van der Waals surface area contributed by atoms with Gasteiger partial charge in [-0.25, -0.2) is 0 Å². The van der Waals surface area contributed by atoms with Crippen molar-refractivity contribution < 1.29 is 9.53 Å². The number of ketones is 1. The standard InChI is InChI=1S/C16H13BrO2/c1-19-13-6-4-5-12(11-13)9-10-16(18)14-7-2-3-8-15(14)17/h2-11H,1H3. The second kappa shape index (κ2) is 6.34. The predicted molar refractivity (Wildman–Crippen MR) is 80.5 cm³/mol. The Labute approximate surface area is 120 Å². The molecule has 0 amide bonds. The predicted octanol–water partition coefficient (Wildman–Crippen LogP) is 4.35. The van der Waals surface area contributed by atoms with Gasteiger partial charge in [-0.2, -0.15) is 0 Å². The monoisotopic (exact) mass is 316 g/mol. The van der Waals surface area contributed by atoms with E-state index in [-0.39, 0.29) is 5.78 Å². The molecule has 0 atom stereocenters. The third kappa shape index (κ3) is 3.55. The third-order valence-corrected chi connectivity index (χ3v) is 3.35. The third-order valence-electron chi connectivity index (χ3n) is 2.66. The van der Waals surface area contributed by atoms with Gasteiger partial charge in [-0.15, -0.1) is 0 Å². The van der Waals surface area contributed by atoms with Crippen molar-refractivity contribution in [3.8, 4) is 5.75 Å². The van der Waals surface area contributed by atoms with Gasteiger partial charge in [0.1, 0.15) is 5.75 Å². The molecule has 0 aliphatic carbocycles. The van der Waals surface area contributed by atoms with Crippen LogP contribution < -0.4 is 4.74 Å². The molecular weight excluding hydrogens is 304 g/mol. The number of rotatable bonds is 4. The van der Waals surface area contributed by atoms with Crippen molar-refractivity contribution in [3.05, 3.63) is 70.2 Å². The lowest BCUT2D eigenvalue weighted by Gasteiger charge is -2.01. The average Bonchev–Trinajstić information content (AvgIpc) is 2.45.